The number of benzene rings is 3. The van der Waals surface area contributed by atoms with Gasteiger partial charge >= 0.3 is 0 Å². The van der Waals surface area contributed by atoms with Gasteiger partial charge in [0.25, 0.3) is 0 Å². The van der Waals surface area contributed by atoms with Crippen LogP contribution in [0.4, 0.5) is 10.2 Å². The molecule has 1 atom stereocenters. The first-order chi connectivity index (χ1) is 16.5. The highest BCUT2D eigenvalue weighted by molar-refractivity contribution is 5.95. The summed E-state index contributed by atoms with van der Waals surface area (Å²) in [6.07, 6.45) is 0.266. The minimum atomic E-state index is -0.309. The molecular formula is C27H24FN3O3. The first kappa shape index (κ1) is 21.7. The number of methoxy groups -OCH3 is 1. The van der Waals surface area contributed by atoms with Gasteiger partial charge in [0.2, 0.25) is 5.91 Å². The van der Waals surface area contributed by atoms with Gasteiger partial charge in [-0.25, -0.2) is 9.07 Å². The first-order valence-corrected chi connectivity index (χ1v) is 11.0. The van der Waals surface area contributed by atoms with Gasteiger partial charge in [0.1, 0.15) is 29.7 Å². The molecule has 1 aliphatic heterocycles. The highest BCUT2D eigenvalue weighted by atomic mass is 19.1. The quantitative estimate of drug-likeness (QED) is 0.422. The molecule has 0 fully saturated rings. The van der Waals surface area contributed by atoms with Gasteiger partial charge in [-0.15, -0.1) is 0 Å². The average molecular weight is 458 g/mol. The molecule has 4 aromatic rings. The van der Waals surface area contributed by atoms with Crippen LogP contribution >= 0.6 is 0 Å². The Morgan fingerprint density at radius 2 is 1.79 bits per heavy atom. The number of anilines is 1. The van der Waals surface area contributed by atoms with Crippen LogP contribution in [0.3, 0.4) is 0 Å². The second kappa shape index (κ2) is 9.02. The van der Waals surface area contributed by atoms with Crippen molar-refractivity contribution in [2.45, 2.75) is 25.9 Å². The van der Waals surface area contributed by atoms with Crippen molar-refractivity contribution in [3.05, 3.63) is 101 Å². The summed E-state index contributed by atoms with van der Waals surface area (Å²) in [4.78, 5) is 12.8. The molecule has 34 heavy (non-hydrogen) atoms. The molecule has 6 nitrogen and oxygen atoms in total. The number of ether oxygens (including phenoxy) is 2. The highest BCUT2D eigenvalue weighted by Crippen LogP contribution is 2.43. The number of carbonyl (C=O) groups excluding carboxylic acids is 1. The fraction of sp³-hybridized carbons (Fsp3) is 0.185. The van der Waals surface area contributed by atoms with Gasteiger partial charge in [0.15, 0.2) is 0 Å². The lowest BCUT2D eigenvalue weighted by Crippen LogP contribution is -2.25. The Labute approximate surface area is 196 Å². The fourth-order valence-electron chi connectivity index (χ4n) is 4.39. The fourth-order valence-corrected chi connectivity index (χ4v) is 4.39. The average Bonchev–Trinajstić information content (AvgIpc) is 3.19. The Bertz CT molecular complexity index is 1350. The van der Waals surface area contributed by atoms with Crippen LogP contribution in [0.5, 0.6) is 11.5 Å². The maximum atomic E-state index is 14.1. The Hall–Kier alpha value is -4.13. The maximum Gasteiger partial charge on any atom is 0.226 e. The molecule has 1 N–H and O–H groups in total. The van der Waals surface area contributed by atoms with Crippen molar-refractivity contribution in [3.8, 4) is 17.2 Å². The standard InChI is InChI=1S/C27H24FN3O3/c1-17-26-22(21-8-4-6-10-24(21)34-16-18-7-3-5-9-23(18)28)15-25(32)29-27(26)31(30-17)19-11-13-20(33-2)14-12-19/h3-14,22H,15-16H2,1-2H3,(H,29,32)/t22-/m0/s1. The van der Waals surface area contributed by atoms with Crippen molar-refractivity contribution in [2.75, 3.05) is 12.4 Å². The van der Waals surface area contributed by atoms with Gasteiger partial charge in [0.05, 0.1) is 18.5 Å². The van der Waals surface area contributed by atoms with Gasteiger partial charge in [-0.1, -0.05) is 36.4 Å². The minimum absolute atomic E-state index is 0.0968. The van der Waals surface area contributed by atoms with Gasteiger partial charge in [0, 0.05) is 29.0 Å². The molecule has 0 aliphatic carbocycles. The van der Waals surface area contributed by atoms with Crippen molar-refractivity contribution in [1.82, 2.24) is 9.78 Å². The smallest absolute Gasteiger partial charge is 0.226 e. The van der Waals surface area contributed by atoms with Gasteiger partial charge in [-0.3, -0.25) is 4.79 Å². The van der Waals surface area contributed by atoms with E-state index in [-0.39, 0.29) is 30.7 Å². The summed E-state index contributed by atoms with van der Waals surface area (Å²) in [7, 11) is 1.62. The largest absolute Gasteiger partial charge is 0.497 e. The molecule has 7 heteroatoms. The van der Waals surface area contributed by atoms with E-state index in [9.17, 15) is 9.18 Å². The number of nitrogens with one attached hydrogen (secondary N) is 1. The number of carbonyl (C=O) groups is 1. The lowest BCUT2D eigenvalue weighted by atomic mass is 9.85. The highest BCUT2D eigenvalue weighted by Gasteiger charge is 2.34. The zero-order valence-corrected chi connectivity index (χ0v) is 18.9. The van der Waals surface area contributed by atoms with Crippen LogP contribution in [0.25, 0.3) is 5.69 Å². The molecule has 0 spiro atoms. The van der Waals surface area contributed by atoms with Gasteiger partial charge in [-0.05, 0) is 43.3 Å². The Balaban J connectivity index is 1.53. The van der Waals surface area contributed by atoms with Gasteiger partial charge in [-0.2, -0.15) is 5.10 Å². The molecule has 3 aromatic carbocycles. The van der Waals surface area contributed by atoms with Crippen molar-refractivity contribution < 1.29 is 18.7 Å². The number of aryl methyl sites for hydroxylation is 1. The molecule has 0 radical (unpaired) electrons. The SMILES string of the molecule is COc1ccc(-n2nc(C)c3c2NC(=O)C[C@H]3c2ccccc2OCc2ccccc2F)cc1. The van der Waals surface area contributed by atoms with E-state index in [1.54, 1.807) is 30.0 Å². The first-order valence-electron chi connectivity index (χ1n) is 11.0. The summed E-state index contributed by atoms with van der Waals surface area (Å²) in [5.74, 6) is 1.35. The molecule has 0 bridgehead atoms. The maximum absolute atomic E-state index is 14.1. The lowest BCUT2D eigenvalue weighted by molar-refractivity contribution is -0.116. The molecule has 0 saturated carbocycles. The normalized spacial score (nSPS) is 14.9. The van der Waals surface area contributed by atoms with E-state index >= 15 is 0 Å². The number of hydrogen-bond donors (Lipinski definition) is 1. The predicted octanol–water partition coefficient (Wildman–Crippen LogP) is 5.38. The van der Waals surface area contributed by atoms with Crippen LogP contribution in [0.2, 0.25) is 0 Å². The van der Waals surface area contributed by atoms with E-state index in [0.29, 0.717) is 17.1 Å². The van der Waals surface area contributed by atoms with E-state index in [2.05, 4.69) is 5.32 Å². The van der Waals surface area contributed by atoms with Crippen LogP contribution in [0.15, 0.2) is 72.8 Å². The van der Waals surface area contributed by atoms with Crippen LogP contribution < -0.4 is 14.8 Å². The molecule has 0 unspecified atom stereocenters. The number of nitrogens with zero attached hydrogens (tertiary/aromatic N) is 2. The third kappa shape index (κ3) is 4.01. The summed E-state index contributed by atoms with van der Waals surface area (Å²) < 4.78 is 27.2. The second-order valence-electron chi connectivity index (χ2n) is 8.18. The molecule has 1 amide bonds. The number of fused-ring (bicyclic) bond motifs is 1. The predicted molar refractivity (Wildman–Crippen MR) is 127 cm³/mol. The minimum Gasteiger partial charge on any atom is -0.497 e. The van der Waals surface area contributed by atoms with Crippen molar-refractivity contribution in [1.29, 1.82) is 0 Å². The molecule has 172 valence electrons. The number of amides is 1. The molecular weight excluding hydrogens is 433 g/mol. The number of rotatable bonds is 6. The Morgan fingerprint density at radius 1 is 1.06 bits per heavy atom. The molecule has 0 saturated heterocycles. The van der Waals surface area contributed by atoms with Crippen LogP contribution in [0, 0.1) is 12.7 Å². The van der Waals surface area contributed by atoms with Crippen molar-refractivity contribution in [2.24, 2.45) is 0 Å². The number of hydrogen-bond acceptors (Lipinski definition) is 4. The van der Waals surface area contributed by atoms with E-state index in [1.807, 2.05) is 55.5 Å². The summed E-state index contributed by atoms with van der Waals surface area (Å²) in [6, 6.07) is 21.6. The molecule has 1 aliphatic rings. The second-order valence-corrected chi connectivity index (χ2v) is 8.18. The van der Waals surface area contributed by atoms with E-state index in [0.717, 1.165) is 28.3 Å². The molecule has 1 aromatic heterocycles. The lowest BCUT2D eigenvalue weighted by Gasteiger charge is -2.26. The van der Waals surface area contributed by atoms with Gasteiger partial charge < -0.3 is 14.8 Å². The van der Waals surface area contributed by atoms with Crippen molar-refractivity contribution >= 4 is 11.7 Å². The summed E-state index contributed by atoms with van der Waals surface area (Å²) >= 11 is 0. The monoisotopic (exact) mass is 457 g/mol. The van der Waals surface area contributed by atoms with Crippen LogP contribution in [-0.2, 0) is 11.4 Å². The van der Waals surface area contributed by atoms with Crippen molar-refractivity contribution in [3.63, 3.8) is 0 Å². The zero-order chi connectivity index (χ0) is 23.7. The Morgan fingerprint density at radius 3 is 2.56 bits per heavy atom. The molecule has 5 rings (SSSR count). The summed E-state index contributed by atoms with van der Waals surface area (Å²) in [6.45, 7) is 2.03. The zero-order valence-electron chi connectivity index (χ0n) is 18.9. The topological polar surface area (TPSA) is 65.4 Å². The molecule has 2 heterocycles. The summed E-state index contributed by atoms with van der Waals surface area (Å²) in [5.41, 5.74) is 3.92. The number of aromatic nitrogens is 2. The van der Waals surface area contributed by atoms with Crippen LogP contribution in [0.1, 0.15) is 34.7 Å². The Kier molecular flexibility index (Phi) is 5.76. The van der Waals surface area contributed by atoms with Crippen LogP contribution in [-0.4, -0.2) is 22.8 Å². The third-order valence-electron chi connectivity index (χ3n) is 6.05. The van der Waals surface area contributed by atoms with E-state index in [4.69, 9.17) is 14.6 Å². The van der Waals surface area contributed by atoms with E-state index < -0.39 is 0 Å². The van der Waals surface area contributed by atoms with E-state index in [1.165, 1.54) is 6.07 Å². The summed E-state index contributed by atoms with van der Waals surface area (Å²) in [5, 5.41) is 7.73. The number of para-hydroxylation sites is 1. The number of halogens is 1. The third-order valence-corrected chi connectivity index (χ3v) is 6.05.